The highest BCUT2D eigenvalue weighted by molar-refractivity contribution is 5.56. The molecule has 2 aromatic rings. The fraction of sp³-hybridized carbons (Fsp3) is 0.429. The summed E-state index contributed by atoms with van der Waals surface area (Å²) in [6.45, 7) is 16.4. The lowest BCUT2D eigenvalue weighted by molar-refractivity contribution is 0.452. The largest absolute Gasteiger partial charge is 0.505 e. The van der Waals surface area contributed by atoms with Crippen LogP contribution in [0.25, 0.3) is 11.8 Å². The third-order valence-corrected chi connectivity index (χ3v) is 4.55. The van der Waals surface area contributed by atoms with Crippen molar-refractivity contribution in [3.63, 3.8) is 0 Å². The quantitative estimate of drug-likeness (QED) is 0.753. The molecule has 0 saturated heterocycles. The molecule has 25 heavy (non-hydrogen) atoms. The number of phenolic OH excluding ortho intramolecular Hbond substituents is 1. The van der Waals surface area contributed by atoms with Crippen molar-refractivity contribution in [2.24, 2.45) is 0 Å². The van der Waals surface area contributed by atoms with Crippen LogP contribution in [0.15, 0.2) is 30.9 Å². The Hall–Kier alpha value is -2.36. The number of phenols is 1. The van der Waals surface area contributed by atoms with Gasteiger partial charge in [0.2, 0.25) is 0 Å². The van der Waals surface area contributed by atoms with Gasteiger partial charge in [-0.25, -0.2) is 0 Å². The second kappa shape index (κ2) is 7.26. The van der Waals surface area contributed by atoms with Gasteiger partial charge in [0, 0.05) is 0 Å². The molecule has 0 radical (unpaired) electrons. The SMILES string of the molecule is C=C/C=C\c1nn(-c2cc(C(C)(C)C)cc(C(C)CC)c2O)nc1C. The molecule has 0 bridgehead atoms. The van der Waals surface area contributed by atoms with Gasteiger partial charge >= 0.3 is 0 Å². The highest BCUT2D eigenvalue weighted by Crippen LogP contribution is 2.37. The summed E-state index contributed by atoms with van der Waals surface area (Å²) in [5, 5.41) is 19.9. The third-order valence-electron chi connectivity index (χ3n) is 4.55. The van der Waals surface area contributed by atoms with Gasteiger partial charge in [0.15, 0.2) is 0 Å². The first-order valence-corrected chi connectivity index (χ1v) is 8.79. The van der Waals surface area contributed by atoms with Gasteiger partial charge in [0.05, 0.1) is 5.69 Å². The number of rotatable bonds is 5. The molecule has 0 aliphatic carbocycles. The van der Waals surface area contributed by atoms with Crippen molar-refractivity contribution in [3.8, 4) is 11.4 Å². The van der Waals surface area contributed by atoms with E-state index >= 15 is 0 Å². The van der Waals surface area contributed by atoms with Crippen LogP contribution in [-0.4, -0.2) is 20.1 Å². The van der Waals surface area contributed by atoms with Gasteiger partial charge in [-0.15, -0.1) is 9.90 Å². The topological polar surface area (TPSA) is 50.9 Å². The summed E-state index contributed by atoms with van der Waals surface area (Å²) in [5.74, 6) is 0.523. The van der Waals surface area contributed by atoms with Crippen LogP contribution < -0.4 is 0 Å². The van der Waals surface area contributed by atoms with Crippen LogP contribution in [0.2, 0.25) is 0 Å². The summed E-state index contributed by atoms with van der Waals surface area (Å²) in [5.41, 5.74) is 4.29. The van der Waals surface area contributed by atoms with E-state index in [2.05, 4.69) is 57.5 Å². The van der Waals surface area contributed by atoms with Gasteiger partial charge in [-0.05, 0) is 47.9 Å². The van der Waals surface area contributed by atoms with Gasteiger partial charge in [-0.2, -0.15) is 5.10 Å². The molecule has 4 nitrogen and oxygen atoms in total. The predicted molar refractivity (Wildman–Crippen MR) is 104 cm³/mol. The van der Waals surface area contributed by atoms with E-state index in [-0.39, 0.29) is 17.1 Å². The molecular formula is C21H29N3O. The number of benzene rings is 1. The molecule has 2 rings (SSSR count). The number of nitrogens with zero attached hydrogens (tertiary/aromatic N) is 3. The molecule has 0 fully saturated rings. The highest BCUT2D eigenvalue weighted by Gasteiger charge is 2.22. The van der Waals surface area contributed by atoms with Crippen LogP contribution in [0.5, 0.6) is 5.75 Å². The van der Waals surface area contributed by atoms with E-state index in [1.54, 1.807) is 6.08 Å². The zero-order valence-electron chi connectivity index (χ0n) is 16.2. The number of aromatic hydroxyl groups is 1. The van der Waals surface area contributed by atoms with Gasteiger partial charge in [0.1, 0.15) is 17.1 Å². The predicted octanol–water partition coefficient (Wildman–Crippen LogP) is 5.29. The van der Waals surface area contributed by atoms with Crippen LogP contribution in [0, 0.1) is 6.92 Å². The summed E-state index contributed by atoms with van der Waals surface area (Å²) in [7, 11) is 0. The molecule has 4 heteroatoms. The molecule has 1 N–H and O–H groups in total. The van der Waals surface area contributed by atoms with E-state index in [1.807, 2.05) is 25.1 Å². The molecule has 0 aliphatic rings. The number of aromatic nitrogens is 3. The maximum atomic E-state index is 10.9. The van der Waals surface area contributed by atoms with Crippen LogP contribution in [0.3, 0.4) is 0 Å². The molecule has 1 atom stereocenters. The number of allylic oxidation sites excluding steroid dienone is 2. The van der Waals surface area contributed by atoms with E-state index in [0.717, 1.165) is 28.9 Å². The Morgan fingerprint density at radius 1 is 1.28 bits per heavy atom. The van der Waals surface area contributed by atoms with Crippen molar-refractivity contribution >= 4 is 6.08 Å². The Morgan fingerprint density at radius 2 is 1.96 bits per heavy atom. The minimum Gasteiger partial charge on any atom is -0.505 e. The first kappa shape index (κ1) is 19.0. The van der Waals surface area contributed by atoms with E-state index in [9.17, 15) is 5.11 Å². The van der Waals surface area contributed by atoms with E-state index in [0.29, 0.717) is 5.69 Å². The Balaban J connectivity index is 2.68. The number of hydrogen-bond donors (Lipinski definition) is 1. The fourth-order valence-electron chi connectivity index (χ4n) is 2.63. The lowest BCUT2D eigenvalue weighted by atomic mass is 9.83. The molecule has 134 valence electrons. The first-order chi connectivity index (χ1) is 11.7. The third kappa shape index (κ3) is 4.01. The minimum absolute atomic E-state index is 0.0293. The zero-order valence-corrected chi connectivity index (χ0v) is 16.2. The Kier molecular flexibility index (Phi) is 5.51. The average Bonchev–Trinajstić information content (AvgIpc) is 2.92. The van der Waals surface area contributed by atoms with Crippen molar-refractivity contribution < 1.29 is 5.11 Å². The van der Waals surface area contributed by atoms with Crippen molar-refractivity contribution in [3.05, 3.63) is 53.4 Å². The number of hydrogen-bond acceptors (Lipinski definition) is 3. The zero-order chi connectivity index (χ0) is 18.8. The van der Waals surface area contributed by atoms with Gasteiger partial charge in [-0.3, -0.25) is 0 Å². The van der Waals surface area contributed by atoms with Crippen molar-refractivity contribution in [1.29, 1.82) is 0 Å². The van der Waals surface area contributed by atoms with E-state index in [1.165, 1.54) is 4.80 Å². The maximum absolute atomic E-state index is 10.9. The van der Waals surface area contributed by atoms with Gasteiger partial charge < -0.3 is 5.11 Å². The van der Waals surface area contributed by atoms with Crippen molar-refractivity contribution in [2.75, 3.05) is 0 Å². The second-order valence-corrected chi connectivity index (χ2v) is 7.55. The van der Waals surface area contributed by atoms with E-state index in [4.69, 9.17) is 0 Å². The smallest absolute Gasteiger partial charge is 0.146 e. The molecule has 0 spiro atoms. The molecule has 0 saturated carbocycles. The summed E-state index contributed by atoms with van der Waals surface area (Å²) in [6, 6.07) is 4.10. The molecule has 0 aliphatic heterocycles. The summed E-state index contributed by atoms with van der Waals surface area (Å²) < 4.78 is 0. The van der Waals surface area contributed by atoms with Crippen LogP contribution in [0.1, 0.15) is 69.5 Å². The first-order valence-electron chi connectivity index (χ1n) is 8.79. The van der Waals surface area contributed by atoms with Crippen LogP contribution in [0.4, 0.5) is 0 Å². The summed E-state index contributed by atoms with van der Waals surface area (Å²) in [6.07, 6.45) is 6.36. The van der Waals surface area contributed by atoms with Crippen molar-refractivity contribution in [2.45, 2.75) is 59.3 Å². The molecule has 1 unspecified atom stereocenters. The monoisotopic (exact) mass is 339 g/mol. The van der Waals surface area contributed by atoms with Crippen LogP contribution >= 0.6 is 0 Å². The second-order valence-electron chi connectivity index (χ2n) is 7.55. The average molecular weight is 339 g/mol. The highest BCUT2D eigenvalue weighted by atomic mass is 16.3. The Morgan fingerprint density at radius 3 is 2.52 bits per heavy atom. The van der Waals surface area contributed by atoms with Crippen molar-refractivity contribution in [1.82, 2.24) is 15.0 Å². The molecule has 1 heterocycles. The maximum Gasteiger partial charge on any atom is 0.146 e. The summed E-state index contributed by atoms with van der Waals surface area (Å²) in [4.78, 5) is 1.54. The summed E-state index contributed by atoms with van der Waals surface area (Å²) >= 11 is 0. The normalized spacial score (nSPS) is 13.4. The van der Waals surface area contributed by atoms with Gasteiger partial charge in [-0.1, -0.05) is 59.4 Å². The molecule has 1 aromatic heterocycles. The molecular weight excluding hydrogens is 310 g/mol. The van der Waals surface area contributed by atoms with Crippen LogP contribution in [-0.2, 0) is 5.41 Å². The fourth-order valence-corrected chi connectivity index (χ4v) is 2.63. The standard InChI is InChI=1S/C21H29N3O/c1-8-10-11-18-15(4)22-24(23-18)19-13-16(21(5,6)7)12-17(20(19)25)14(3)9-2/h8,10-14,25H,1,9H2,2-7H3/b11-10-. The lowest BCUT2D eigenvalue weighted by Crippen LogP contribution is -2.14. The Labute approximate surface area is 150 Å². The number of aryl methyl sites for hydroxylation is 1. The Bertz CT molecular complexity index is 794. The minimum atomic E-state index is -0.0293. The van der Waals surface area contributed by atoms with Gasteiger partial charge in [0.25, 0.3) is 0 Å². The van der Waals surface area contributed by atoms with E-state index < -0.39 is 0 Å². The molecule has 0 amide bonds. The lowest BCUT2D eigenvalue weighted by Gasteiger charge is -2.23. The molecule has 1 aromatic carbocycles.